The van der Waals surface area contributed by atoms with E-state index in [1.165, 1.54) is 32.1 Å². The van der Waals surface area contributed by atoms with Crippen molar-refractivity contribution in [2.45, 2.75) is 65.4 Å². The number of rotatable bonds is 3. The molecule has 1 saturated heterocycles. The molecule has 2 aliphatic rings. The lowest BCUT2D eigenvalue weighted by Crippen LogP contribution is -2.34. The first kappa shape index (κ1) is 11.9. The average molecular weight is 224 g/mol. The second-order valence-corrected chi connectivity index (χ2v) is 6.08. The molecule has 0 spiro atoms. The zero-order valence-electron chi connectivity index (χ0n) is 10.8. The van der Waals surface area contributed by atoms with Crippen molar-refractivity contribution in [3.63, 3.8) is 0 Å². The normalized spacial score (nSPS) is 42.9. The third-order valence-corrected chi connectivity index (χ3v) is 4.67. The topological polar surface area (TPSA) is 26.3 Å². The predicted octanol–water partition coefficient (Wildman–Crippen LogP) is 3.54. The molecule has 0 aromatic rings. The summed E-state index contributed by atoms with van der Waals surface area (Å²) in [5.41, 5.74) is 0.418. The second kappa shape index (κ2) is 4.38. The van der Waals surface area contributed by atoms with Gasteiger partial charge in [0, 0.05) is 5.92 Å². The van der Waals surface area contributed by atoms with Gasteiger partial charge in [-0.3, -0.25) is 4.79 Å². The summed E-state index contributed by atoms with van der Waals surface area (Å²) in [6, 6.07) is 0. The van der Waals surface area contributed by atoms with Crippen LogP contribution in [0.5, 0.6) is 0 Å². The van der Waals surface area contributed by atoms with E-state index < -0.39 is 0 Å². The highest BCUT2D eigenvalue weighted by Gasteiger charge is 2.48. The molecule has 1 aliphatic carbocycles. The first-order valence-corrected chi connectivity index (χ1v) is 6.76. The maximum atomic E-state index is 11.5. The predicted molar refractivity (Wildman–Crippen MR) is 64.0 cm³/mol. The summed E-state index contributed by atoms with van der Waals surface area (Å²) in [6.45, 7) is 6.64. The molecule has 2 heteroatoms. The SMILES string of the molecule is CCCCC1(C)CC[C@@H]2C(C1)OC(=O)C2C. The van der Waals surface area contributed by atoms with Gasteiger partial charge in [0.1, 0.15) is 6.10 Å². The summed E-state index contributed by atoms with van der Waals surface area (Å²) in [5.74, 6) is 0.678. The van der Waals surface area contributed by atoms with Gasteiger partial charge in [0.2, 0.25) is 0 Å². The lowest BCUT2D eigenvalue weighted by molar-refractivity contribution is -0.145. The molecular weight excluding hydrogens is 200 g/mol. The number of hydrogen-bond acceptors (Lipinski definition) is 2. The molecule has 0 bridgehead atoms. The molecule has 0 N–H and O–H groups in total. The molecule has 2 fully saturated rings. The van der Waals surface area contributed by atoms with Crippen molar-refractivity contribution in [1.82, 2.24) is 0 Å². The molecular formula is C14H24O2. The van der Waals surface area contributed by atoms with E-state index in [0.717, 1.165) is 6.42 Å². The van der Waals surface area contributed by atoms with Gasteiger partial charge in [-0.15, -0.1) is 0 Å². The molecule has 4 atom stereocenters. The van der Waals surface area contributed by atoms with Crippen molar-refractivity contribution in [1.29, 1.82) is 0 Å². The van der Waals surface area contributed by atoms with Crippen LogP contribution in [0.1, 0.15) is 59.3 Å². The summed E-state index contributed by atoms with van der Waals surface area (Å²) < 4.78 is 5.51. The van der Waals surface area contributed by atoms with Crippen LogP contribution < -0.4 is 0 Å². The molecule has 16 heavy (non-hydrogen) atoms. The van der Waals surface area contributed by atoms with E-state index in [1.54, 1.807) is 0 Å². The van der Waals surface area contributed by atoms with E-state index in [4.69, 9.17) is 4.74 Å². The largest absolute Gasteiger partial charge is 0.462 e. The van der Waals surface area contributed by atoms with Gasteiger partial charge in [-0.25, -0.2) is 0 Å². The van der Waals surface area contributed by atoms with Crippen molar-refractivity contribution >= 4 is 5.97 Å². The van der Waals surface area contributed by atoms with E-state index in [2.05, 4.69) is 13.8 Å². The van der Waals surface area contributed by atoms with Crippen LogP contribution in [0, 0.1) is 17.3 Å². The number of carbonyl (C=O) groups excluding carboxylic acids is 1. The van der Waals surface area contributed by atoms with E-state index >= 15 is 0 Å². The summed E-state index contributed by atoms with van der Waals surface area (Å²) in [6.07, 6.45) is 7.62. The maximum Gasteiger partial charge on any atom is 0.309 e. The van der Waals surface area contributed by atoms with Crippen LogP contribution in [0.15, 0.2) is 0 Å². The van der Waals surface area contributed by atoms with E-state index in [9.17, 15) is 4.79 Å². The minimum absolute atomic E-state index is 0.0368. The van der Waals surface area contributed by atoms with Gasteiger partial charge in [-0.2, -0.15) is 0 Å². The van der Waals surface area contributed by atoms with Crippen LogP contribution in [0.3, 0.4) is 0 Å². The quantitative estimate of drug-likeness (QED) is 0.685. The molecule has 3 unspecified atom stereocenters. The number of carbonyl (C=O) groups is 1. The van der Waals surface area contributed by atoms with Gasteiger partial charge in [0.05, 0.1) is 5.92 Å². The molecule has 1 saturated carbocycles. The monoisotopic (exact) mass is 224 g/mol. The van der Waals surface area contributed by atoms with Crippen molar-refractivity contribution in [2.24, 2.45) is 17.3 Å². The Balaban J connectivity index is 1.98. The van der Waals surface area contributed by atoms with Crippen LogP contribution in [0.25, 0.3) is 0 Å². The molecule has 92 valence electrons. The fourth-order valence-corrected chi connectivity index (χ4v) is 3.40. The van der Waals surface area contributed by atoms with Gasteiger partial charge >= 0.3 is 5.97 Å². The van der Waals surface area contributed by atoms with Crippen LogP contribution in [0.4, 0.5) is 0 Å². The summed E-state index contributed by atoms with van der Waals surface area (Å²) in [4.78, 5) is 11.5. The fourth-order valence-electron chi connectivity index (χ4n) is 3.40. The Hall–Kier alpha value is -0.530. The number of fused-ring (bicyclic) bond motifs is 1. The second-order valence-electron chi connectivity index (χ2n) is 6.08. The lowest BCUT2D eigenvalue weighted by Gasteiger charge is -2.39. The molecule has 1 heterocycles. The Morgan fingerprint density at radius 2 is 2.25 bits per heavy atom. The van der Waals surface area contributed by atoms with E-state index in [1.807, 2.05) is 6.92 Å². The number of ether oxygens (including phenoxy) is 1. The third kappa shape index (κ3) is 2.11. The van der Waals surface area contributed by atoms with E-state index in [0.29, 0.717) is 11.3 Å². The van der Waals surface area contributed by atoms with Gasteiger partial charge in [0.25, 0.3) is 0 Å². The molecule has 0 aromatic heterocycles. The number of esters is 1. The molecule has 1 aliphatic heterocycles. The van der Waals surface area contributed by atoms with Crippen molar-refractivity contribution in [3.8, 4) is 0 Å². The minimum atomic E-state index is 0.0368. The first-order chi connectivity index (χ1) is 7.56. The number of hydrogen-bond donors (Lipinski definition) is 0. The maximum absolute atomic E-state index is 11.5. The third-order valence-electron chi connectivity index (χ3n) is 4.67. The Bertz CT molecular complexity index is 274. The Kier molecular flexibility index (Phi) is 3.27. The molecule has 2 rings (SSSR count). The first-order valence-electron chi connectivity index (χ1n) is 6.76. The summed E-state index contributed by atoms with van der Waals surface area (Å²) in [5, 5.41) is 0. The average Bonchev–Trinajstić information content (AvgIpc) is 2.51. The zero-order chi connectivity index (χ0) is 11.8. The molecule has 0 aromatic carbocycles. The molecule has 0 radical (unpaired) electrons. The standard InChI is InChI=1S/C14H24O2/c1-4-5-7-14(3)8-6-11-10(2)13(15)16-12(11)9-14/h10-12H,4-9H2,1-3H3/t10?,11-,12?,14?/m0/s1. The van der Waals surface area contributed by atoms with Crippen molar-refractivity contribution in [3.05, 3.63) is 0 Å². The van der Waals surface area contributed by atoms with Gasteiger partial charge in [-0.1, -0.05) is 33.6 Å². The van der Waals surface area contributed by atoms with Gasteiger partial charge in [0.15, 0.2) is 0 Å². The van der Waals surface area contributed by atoms with Crippen molar-refractivity contribution in [2.75, 3.05) is 0 Å². The zero-order valence-corrected chi connectivity index (χ0v) is 10.8. The lowest BCUT2D eigenvalue weighted by atomic mass is 9.66. The smallest absolute Gasteiger partial charge is 0.309 e. The highest BCUT2D eigenvalue weighted by molar-refractivity contribution is 5.74. The minimum Gasteiger partial charge on any atom is -0.462 e. The number of unbranched alkanes of at least 4 members (excludes halogenated alkanes) is 1. The Morgan fingerprint density at radius 3 is 2.94 bits per heavy atom. The van der Waals surface area contributed by atoms with Crippen molar-refractivity contribution < 1.29 is 9.53 Å². The Morgan fingerprint density at radius 1 is 1.50 bits per heavy atom. The fraction of sp³-hybridized carbons (Fsp3) is 0.929. The Labute approximate surface area is 98.7 Å². The van der Waals surface area contributed by atoms with E-state index in [-0.39, 0.29) is 18.0 Å². The summed E-state index contributed by atoms with van der Waals surface area (Å²) >= 11 is 0. The van der Waals surface area contributed by atoms with Gasteiger partial charge in [-0.05, 0) is 31.1 Å². The highest BCUT2D eigenvalue weighted by atomic mass is 16.6. The molecule has 0 amide bonds. The van der Waals surface area contributed by atoms with Crippen LogP contribution in [-0.4, -0.2) is 12.1 Å². The van der Waals surface area contributed by atoms with Crippen LogP contribution >= 0.6 is 0 Å². The van der Waals surface area contributed by atoms with Crippen LogP contribution in [-0.2, 0) is 9.53 Å². The highest BCUT2D eigenvalue weighted by Crippen LogP contribution is 2.48. The molecule has 2 nitrogen and oxygen atoms in total. The van der Waals surface area contributed by atoms with Gasteiger partial charge < -0.3 is 4.74 Å². The summed E-state index contributed by atoms with van der Waals surface area (Å²) in [7, 11) is 0. The van der Waals surface area contributed by atoms with Crippen LogP contribution in [0.2, 0.25) is 0 Å².